The maximum absolute atomic E-state index is 8.79. The third-order valence-electron chi connectivity index (χ3n) is 10.2. The number of nitrogens with zero attached hydrogens (tertiary/aromatic N) is 4. The summed E-state index contributed by atoms with van der Waals surface area (Å²) in [7, 11) is -4.61. The van der Waals surface area contributed by atoms with E-state index in [1.165, 1.54) is 17.3 Å². The number of benzene rings is 5. The van der Waals surface area contributed by atoms with Crippen molar-refractivity contribution in [2.24, 2.45) is 0 Å². The standard InChI is InChI=1S/C36H36N3O2Si.C16H20NSi.Ir/c1-21(2)23-12-10-13-24(22(3)4)32(23)39-30-17-9-8-16-28(30)38-36(39)27-15-11-14-25-26-18-19-29-35(34(26)41-33(25)27)40-31(37-29)20-42(5,6)7;1-13-11-17-16(14-8-6-5-7-9-14)10-15(13)12-18(2,3)4;/h8-14,16-19,21-22H,20H2,1-7H3;5-8,10-11H,12H2,1-4H3;/q2*-1;/i20D2;1D3,12D2;. The number of hydrogen-bond acceptors (Lipinski definition) is 5. The van der Waals surface area contributed by atoms with Crippen LogP contribution in [0.15, 0.2) is 112 Å². The summed E-state index contributed by atoms with van der Waals surface area (Å²) >= 11 is 0. The second-order valence-electron chi connectivity index (χ2n) is 18.0. The van der Waals surface area contributed by atoms with E-state index >= 15 is 0 Å². The molecule has 9 aromatic rings. The molecule has 0 saturated heterocycles. The number of hydrogen-bond donors (Lipinski definition) is 0. The Labute approximate surface area is 386 Å². The first-order chi connectivity index (χ1) is 31.3. The minimum absolute atomic E-state index is 0. The Balaban J connectivity index is 0.000000242. The molecule has 0 aliphatic rings. The zero-order valence-electron chi connectivity index (χ0n) is 43.4. The monoisotopic (exact) mass is 1020 g/mol. The molecule has 0 N–H and O–H groups in total. The molecule has 0 fully saturated rings. The van der Waals surface area contributed by atoms with Gasteiger partial charge in [-0.15, -0.1) is 54.1 Å². The van der Waals surface area contributed by atoms with Gasteiger partial charge in [0.2, 0.25) is 0 Å². The largest absolute Gasteiger partial charge is 0.497 e. The average molecular weight is 1020 g/mol. The summed E-state index contributed by atoms with van der Waals surface area (Å²) in [6, 6.07) is 38.0. The van der Waals surface area contributed by atoms with Crippen LogP contribution in [0.1, 0.15) is 77.3 Å². The number of fused-ring (bicyclic) bond motifs is 6. The second-order valence-corrected chi connectivity index (χ2v) is 27.5. The van der Waals surface area contributed by atoms with Crippen LogP contribution in [0.3, 0.4) is 0 Å². The van der Waals surface area contributed by atoms with Crippen LogP contribution in [-0.2, 0) is 32.1 Å². The quantitative estimate of drug-likeness (QED) is 0.106. The van der Waals surface area contributed by atoms with Crippen LogP contribution in [0, 0.1) is 19.0 Å². The molecule has 0 atom stereocenters. The van der Waals surface area contributed by atoms with Gasteiger partial charge in [-0.2, -0.15) is 0 Å². The topological polar surface area (TPSA) is 69.9 Å². The summed E-state index contributed by atoms with van der Waals surface area (Å²) in [4.78, 5) is 14.0. The van der Waals surface area contributed by atoms with Crippen LogP contribution < -0.4 is 0 Å². The van der Waals surface area contributed by atoms with Crippen LogP contribution in [0.25, 0.3) is 72.4 Å². The van der Waals surface area contributed by atoms with Gasteiger partial charge in [-0.1, -0.05) is 120 Å². The van der Waals surface area contributed by atoms with Crippen molar-refractivity contribution in [1.82, 2.24) is 19.5 Å². The van der Waals surface area contributed by atoms with Crippen LogP contribution in [0.5, 0.6) is 0 Å². The van der Waals surface area contributed by atoms with Gasteiger partial charge < -0.3 is 18.4 Å². The van der Waals surface area contributed by atoms with E-state index in [0.29, 0.717) is 39.8 Å². The summed E-state index contributed by atoms with van der Waals surface area (Å²) < 4.78 is 72.9. The van der Waals surface area contributed by atoms with Gasteiger partial charge in [-0.05, 0) is 71.3 Å². The average Bonchev–Trinajstić information content (AvgIpc) is 3.99. The molecule has 9 rings (SSSR count). The van der Waals surface area contributed by atoms with E-state index < -0.39 is 35.0 Å². The van der Waals surface area contributed by atoms with Crippen LogP contribution >= 0.6 is 0 Å². The smallest absolute Gasteiger partial charge is 0.196 e. The van der Waals surface area contributed by atoms with Crippen molar-refractivity contribution >= 4 is 60.2 Å². The van der Waals surface area contributed by atoms with Gasteiger partial charge in [0.15, 0.2) is 17.1 Å². The van der Waals surface area contributed by atoms with Crippen molar-refractivity contribution in [2.45, 2.75) is 97.7 Å². The Hall–Kier alpha value is -4.93. The number of rotatable bonds is 9. The molecule has 0 saturated carbocycles. The first-order valence-electron chi connectivity index (χ1n) is 24.1. The van der Waals surface area contributed by atoms with Gasteiger partial charge in [-0.3, -0.25) is 4.98 Å². The van der Waals surface area contributed by atoms with E-state index in [2.05, 4.69) is 84.7 Å². The van der Waals surface area contributed by atoms with Crippen molar-refractivity contribution in [3.05, 3.63) is 144 Å². The molecule has 0 aliphatic carbocycles. The normalized spacial score (nSPS) is 14.5. The number of pyridine rings is 1. The first-order valence-corrected chi connectivity index (χ1v) is 27.6. The number of aryl methyl sites for hydroxylation is 1. The number of imidazole rings is 1. The molecule has 4 heterocycles. The summed E-state index contributed by atoms with van der Waals surface area (Å²) in [5.41, 5.74) is 10.1. The second kappa shape index (κ2) is 17.4. The van der Waals surface area contributed by atoms with Crippen molar-refractivity contribution in [3.63, 3.8) is 0 Å². The Morgan fingerprint density at radius 3 is 2.08 bits per heavy atom. The molecular formula is C52H56IrN4O2Si2-2. The third-order valence-corrected chi connectivity index (χ3v) is 12.2. The molecule has 1 radical (unpaired) electrons. The van der Waals surface area contributed by atoms with E-state index in [0.717, 1.165) is 44.4 Å². The van der Waals surface area contributed by atoms with E-state index in [1.807, 2.05) is 93.9 Å². The number of oxazole rings is 1. The van der Waals surface area contributed by atoms with E-state index in [9.17, 15) is 0 Å². The van der Waals surface area contributed by atoms with Gasteiger partial charge in [0.25, 0.3) is 0 Å². The SMILES string of the molecule is [2H]C([2H])([2H])c1cnc(-c2[c-]cccc2)cc1C([2H])([2H])[Si](C)(C)C.[2H]C([2H])(c1nc2ccc3c4cc[c-]c(-c5nc6ccccc6n5-c5c(C(C)C)cccc5C(C)C)c4oc3c2o1)[Si](C)(C)C.[Ir]. The molecule has 4 aromatic heterocycles. The molecule has 0 spiro atoms. The fourth-order valence-electron chi connectivity index (χ4n) is 7.58. The van der Waals surface area contributed by atoms with Crippen molar-refractivity contribution in [3.8, 4) is 28.3 Å². The molecule has 0 amide bonds. The van der Waals surface area contributed by atoms with Gasteiger partial charge in [0.05, 0.1) is 30.5 Å². The molecule has 315 valence electrons. The Kier molecular flexibility index (Phi) is 10.2. The fourth-order valence-corrected chi connectivity index (χ4v) is 9.34. The molecule has 5 aromatic carbocycles. The van der Waals surface area contributed by atoms with Crippen LogP contribution in [0.4, 0.5) is 0 Å². The van der Waals surface area contributed by atoms with E-state index in [-0.39, 0.29) is 37.1 Å². The molecule has 61 heavy (non-hydrogen) atoms. The molecule has 0 unspecified atom stereocenters. The van der Waals surface area contributed by atoms with Crippen molar-refractivity contribution < 1.29 is 38.5 Å². The number of para-hydroxylation sites is 3. The maximum atomic E-state index is 8.79. The molecule has 0 aliphatic heterocycles. The van der Waals surface area contributed by atoms with Gasteiger partial charge in [0.1, 0.15) is 5.52 Å². The fraction of sp³-hybridized carbons (Fsp3) is 0.288. The van der Waals surface area contributed by atoms with E-state index in [1.54, 1.807) is 12.1 Å². The van der Waals surface area contributed by atoms with E-state index in [4.69, 9.17) is 23.4 Å². The van der Waals surface area contributed by atoms with Gasteiger partial charge in [0, 0.05) is 61.0 Å². The minimum Gasteiger partial charge on any atom is -0.497 e. The molecule has 0 bridgehead atoms. The van der Waals surface area contributed by atoms with Crippen molar-refractivity contribution in [1.29, 1.82) is 0 Å². The summed E-state index contributed by atoms with van der Waals surface area (Å²) in [6.45, 7) is 18.2. The predicted molar refractivity (Wildman–Crippen MR) is 256 cm³/mol. The zero-order chi connectivity index (χ0) is 48.6. The molecular weight excluding hydrogens is 961 g/mol. The summed E-state index contributed by atoms with van der Waals surface area (Å²) in [5, 5.41) is 1.80. The zero-order valence-corrected chi connectivity index (χ0v) is 40.8. The number of furan rings is 1. The van der Waals surface area contributed by atoms with Gasteiger partial charge >= 0.3 is 0 Å². The van der Waals surface area contributed by atoms with Crippen LogP contribution in [-0.4, -0.2) is 35.7 Å². The first kappa shape index (κ1) is 35.6. The third kappa shape index (κ3) is 9.17. The Morgan fingerprint density at radius 2 is 1.41 bits per heavy atom. The minimum atomic E-state index is -2.39. The Morgan fingerprint density at radius 1 is 0.705 bits per heavy atom. The van der Waals surface area contributed by atoms with Crippen LogP contribution in [0.2, 0.25) is 39.3 Å². The number of aromatic nitrogens is 4. The van der Waals surface area contributed by atoms with Gasteiger partial charge in [-0.25, -0.2) is 4.98 Å². The predicted octanol–water partition coefficient (Wildman–Crippen LogP) is 14.5. The Bertz CT molecular complexity index is 3270. The molecule has 6 nitrogen and oxygen atoms in total. The maximum Gasteiger partial charge on any atom is 0.196 e. The molecule has 9 heteroatoms. The summed E-state index contributed by atoms with van der Waals surface area (Å²) in [5.74, 6) is -1.84. The summed E-state index contributed by atoms with van der Waals surface area (Å²) in [6.07, 6.45) is 1.29. The van der Waals surface area contributed by atoms with Crippen molar-refractivity contribution in [2.75, 3.05) is 0 Å².